The molecule has 0 aromatic heterocycles. The molecule has 0 saturated carbocycles. The molecular weight excluding hydrogens is 212 g/mol. The first-order valence-electron chi connectivity index (χ1n) is 6.67. The molecule has 0 amide bonds. The Morgan fingerprint density at radius 3 is 2.35 bits per heavy atom. The fraction of sp³-hybridized carbons (Fsp3) is 0.800. The van der Waals surface area contributed by atoms with Crippen LogP contribution in [0.3, 0.4) is 0 Å². The lowest BCUT2D eigenvalue weighted by molar-refractivity contribution is -0.150. The molecule has 0 heterocycles. The molecule has 2 heteroatoms. The summed E-state index contributed by atoms with van der Waals surface area (Å²) in [6.45, 7) is 13.9. The highest BCUT2D eigenvalue weighted by molar-refractivity contribution is 5.87. The minimum absolute atomic E-state index is 0.249. The maximum atomic E-state index is 11.6. The second-order valence-corrected chi connectivity index (χ2v) is 5.89. The number of carbonyl (C=O) groups is 1. The van der Waals surface area contributed by atoms with Crippen molar-refractivity contribution >= 4 is 5.97 Å². The summed E-state index contributed by atoms with van der Waals surface area (Å²) >= 11 is 0. The molecule has 17 heavy (non-hydrogen) atoms. The van der Waals surface area contributed by atoms with Crippen LogP contribution in [-0.2, 0) is 9.53 Å². The van der Waals surface area contributed by atoms with Gasteiger partial charge in [-0.25, -0.2) is 4.79 Å². The highest BCUT2D eigenvalue weighted by atomic mass is 16.6. The Hall–Kier alpha value is -0.790. The second kappa shape index (κ2) is 7.52. The number of carbonyl (C=O) groups excluding carboxylic acids is 1. The summed E-state index contributed by atoms with van der Waals surface area (Å²) < 4.78 is 5.27. The van der Waals surface area contributed by atoms with E-state index in [1.807, 2.05) is 20.8 Å². The predicted molar refractivity (Wildman–Crippen MR) is 72.9 cm³/mol. The summed E-state index contributed by atoms with van der Waals surface area (Å²) in [5, 5.41) is 0. The lowest BCUT2D eigenvalue weighted by Crippen LogP contribution is -2.24. The van der Waals surface area contributed by atoms with Crippen LogP contribution in [-0.4, -0.2) is 11.6 Å². The zero-order valence-corrected chi connectivity index (χ0v) is 12.1. The molecule has 0 bridgehead atoms. The van der Waals surface area contributed by atoms with E-state index in [0.29, 0.717) is 5.57 Å². The number of hydrogen-bond donors (Lipinski definition) is 0. The summed E-state index contributed by atoms with van der Waals surface area (Å²) in [6, 6.07) is 0. The molecule has 0 aromatic rings. The molecule has 1 unspecified atom stereocenters. The summed E-state index contributed by atoms with van der Waals surface area (Å²) in [6.07, 6.45) is 5.44. The molecule has 0 aliphatic heterocycles. The second-order valence-electron chi connectivity index (χ2n) is 5.89. The Bertz CT molecular complexity index is 248. The van der Waals surface area contributed by atoms with Gasteiger partial charge in [-0.05, 0) is 39.5 Å². The highest BCUT2D eigenvalue weighted by Crippen LogP contribution is 2.18. The minimum atomic E-state index is -0.421. The molecule has 0 aliphatic carbocycles. The third-order valence-electron chi connectivity index (χ3n) is 2.64. The van der Waals surface area contributed by atoms with Gasteiger partial charge in [0.1, 0.15) is 5.60 Å². The Kier molecular flexibility index (Phi) is 7.17. The fourth-order valence-corrected chi connectivity index (χ4v) is 1.75. The quantitative estimate of drug-likeness (QED) is 0.484. The molecule has 0 aliphatic rings. The Balaban J connectivity index is 3.83. The van der Waals surface area contributed by atoms with Crippen LogP contribution in [0, 0.1) is 5.92 Å². The summed E-state index contributed by atoms with van der Waals surface area (Å²) in [5.74, 6) is 0.493. The van der Waals surface area contributed by atoms with Gasteiger partial charge in [-0.15, -0.1) is 0 Å². The van der Waals surface area contributed by atoms with Gasteiger partial charge in [0, 0.05) is 5.57 Å². The van der Waals surface area contributed by atoms with E-state index in [1.54, 1.807) is 0 Å². The lowest BCUT2D eigenvalue weighted by atomic mass is 9.98. The number of hydrogen-bond acceptors (Lipinski definition) is 2. The van der Waals surface area contributed by atoms with Gasteiger partial charge in [-0.2, -0.15) is 0 Å². The smallest absolute Gasteiger partial charge is 0.333 e. The monoisotopic (exact) mass is 240 g/mol. The van der Waals surface area contributed by atoms with E-state index < -0.39 is 5.60 Å². The highest BCUT2D eigenvalue weighted by Gasteiger charge is 2.18. The van der Waals surface area contributed by atoms with Crippen LogP contribution in [0.1, 0.15) is 66.7 Å². The van der Waals surface area contributed by atoms with Gasteiger partial charge >= 0.3 is 5.97 Å². The van der Waals surface area contributed by atoms with Crippen molar-refractivity contribution in [2.24, 2.45) is 5.92 Å². The Labute approximate surface area is 106 Å². The van der Waals surface area contributed by atoms with E-state index in [0.717, 1.165) is 25.2 Å². The zero-order chi connectivity index (χ0) is 13.5. The van der Waals surface area contributed by atoms with E-state index in [1.165, 1.54) is 12.8 Å². The largest absolute Gasteiger partial charge is 0.457 e. The molecule has 0 radical (unpaired) electrons. The molecule has 100 valence electrons. The molecule has 2 nitrogen and oxygen atoms in total. The molecule has 1 atom stereocenters. The van der Waals surface area contributed by atoms with Gasteiger partial charge in [-0.3, -0.25) is 0 Å². The average molecular weight is 240 g/mol. The van der Waals surface area contributed by atoms with Crippen molar-refractivity contribution in [3.8, 4) is 0 Å². The first-order valence-corrected chi connectivity index (χ1v) is 6.67. The van der Waals surface area contributed by atoms with Crippen molar-refractivity contribution in [3.63, 3.8) is 0 Å². The Morgan fingerprint density at radius 2 is 1.88 bits per heavy atom. The van der Waals surface area contributed by atoms with Gasteiger partial charge in [0.25, 0.3) is 0 Å². The van der Waals surface area contributed by atoms with Crippen LogP contribution < -0.4 is 0 Å². The molecular formula is C15H28O2. The van der Waals surface area contributed by atoms with Crippen LogP contribution in [0.15, 0.2) is 12.2 Å². The normalized spacial score (nSPS) is 13.2. The zero-order valence-electron chi connectivity index (χ0n) is 12.1. The SMILES string of the molecule is C=C(CCCC(C)CCC)C(=O)OC(C)(C)C. The first kappa shape index (κ1) is 16.2. The van der Waals surface area contributed by atoms with E-state index in [4.69, 9.17) is 4.74 Å². The molecule has 0 aromatic carbocycles. The van der Waals surface area contributed by atoms with Crippen molar-refractivity contribution in [1.82, 2.24) is 0 Å². The topological polar surface area (TPSA) is 26.3 Å². The van der Waals surface area contributed by atoms with Crippen molar-refractivity contribution < 1.29 is 9.53 Å². The van der Waals surface area contributed by atoms with E-state index in [9.17, 15) is 4.79 Å². The van der Waals surface area contributed by atoms with Crippen LogP contribution in [0.5, 0.6) is 0 Å². The van der Waals surface area contributed by atoms with Gasteiger partial charge in [-0.1, -0.05) is 39.7 Å². The number of ether oxygens (including phenoxy) is 1. The third kappa shape index (κ3) is 8.96. The van der Waals surface area contributed by atoms with Crippen LogP contribution in [0.2, 0.25) is 0 Å². The van der Waals surface area contributed by atoms with Gasteiger partial charge in [0.15, 0.2) is 0 Å². The van der Waals surface area contributed by atoms with Crippen molar-refractivity contribution in [3.05, 3.63) is 12.2 Å². The van der Waals surface area contributed by atoms with Crippen LogP contribution in [0.4, 0.5) is 0 Å². The van der Waals surface area contributed by atoms with Crippen molar-refractivity contribution in [2.45, 2.75) is 72.3 Å². The van der Waals surface area contributed by atoms with Crippen LogP contribution in [0.25, 0.3) is 0 Å². The Morgan fingerprint density at radius 1 is 1.29 bits per heavy atom. The van der Waals surface area contributed by atoms with Gasteiger partial charge < -0.3 is 4.74 Å². The molecule has 0 fully saturated rings. The molecule has 0 spiro atoms. The average Bonchev–Trinajstić information content (AvgIpc) is 2.15. The van der Waals surface area contributed by atoms with Crippen molar-refractivity contribution in [1.29, 1.82) is 0 Å². The summed E-state index contributed by atoms with van der Waals surface area (Å²) in [5.41, 5.74) is 0.179. The van der Waals surface area contributed by atoms with E-state index in [-0.39, 0.29) is 5.97 Å². The number of esters is 1. The van der Waals surface area contributed by atoms with E-state index in [2.05, 4.69) is 20.4 Å². The molecule has 0 N–H and O–H groups in total. The molecule has 0 rings (SSSR count). The maximum Gasteiger partial charge on any atom is 0.333 e. The maximum absolute atomic E-state index is 11.6. The summed E-state index contributed by atoms with van der Waals surface area (Å²) in [7, 11) is 0. The fourth-order valence-electron chi connectivity index (χ4n) is 1.75. The van der Waals surface area contributed by atoms with Gasteiger partial charge in [0.2, 0.25) is 0 Å². The van der Waals surface area contributed by atoms with E-state index >= 15 is 0 Å². The third-order valence-corrected chi connectivity index (χ3v) is 2.64. The van der Waals surface area contributed by atoms with Crippen molar-refractivity contribution in [2.75, 3.05) is 0 Å². The lowest BCUT2D eigenvalue weighted by Gasteiger charge is -2.20. The summed E-state index contributed by atoms with van der Waals surface area (Å²) in [4.78, 5) is 11.6. The minimum Gasteiger partial charge on any atom is -0.457 e. The number of rotatable bonds is 7. The standard InChI is InChI=1S/C15H28O2/c1-7-9-12(2)10-8-11-13(3)14(16)17-15(4,5)6/h12H,3,7-11H2,1-2,4-6H3. The predicted octanol–water partition coefficient (Wildman–Crippen LogP) is 4.49. The molecule has 0 saturated heterocycles. The van der Waals surface area contributed by atoms with Crippen LogP contribution >= 0.6 is 0 Å². The first-order chi connectivity index (χ1) is 7.76. The van der Waals surface area contributed by atoms with Gasteiger partial charge in [0.05, 0.1) is 0 Å².